The molecular formula is C16H22N2OS. The van der Waals surface area contributed by atoms with Crippen molar-refractivity contribution in [1.29, 1.82) is 0 Å². The molecule has 1 unspecified atom stereocenters. The molecule has 2 rings (SSSR count). The molecule has 1 atom stereocenters. The maximum Gasteiger partial charge on any atom is 0.119 e. The highest BCUT2D eigenvalue weighted by atomic mass is 32.1. The van der Waals surface area contributed by atoms with Crippen LogP contribution in [-0.2, 0) is 12.8 Å². The van der Waals surface area contributed by atoms with E-state index < -0.39 is 0 Å². The third-order valence-corrected chi connectivity index (χ3v) is 4.14. The lowest BCUT2D eigenvalue weighted by Crippen LogP contribution is -2.23. The summed E-state index contributed by atoms with van der Waals surface area (Å²) in [7, 11) is 3.72. The second-order valence-electron chi connectivity index (χ2n) is 5.04. The summed E-state index contributed by atoms with van der Waals surface area (Å²) in [6.07, 6.45) is 2.05. The number of thiazole rings is 1. The van der Waals surface area contributed by atoms with Crippen molar-refractivity contribution in [3.05, 3.63) is 45.9 Å². The van der Waals surface area contributed by atoms with E-state index >= 15 is 0 Å². The molecule has 0 bridgehead atoms. The molecule has 0 aliphatic carbocycles. The minimum Gasteiger partial charge on any atom is -0.497 e. The topological polar surface area (TPSA) is 34.1 Å². The van der Waals surface area contributed by atoms with Gasteiger partial charge in [0.05, 0.1) is 17.8 Å². The second-order valence-corrected chi connectivity index (χ2v) is 6.10. The summed E-state index contributed by atoms with van der Waals surface area (Å²) in [5.74, 6) is 1.48. The fourth-order valence-electron chi connectivity index (χ4n) is 2.44. The van der Waals surface area contributed by atoms with Gasteiger partial charge < -0.3 is 10.1 Å². The van der Waals surface area contributed by atoms with Gasteiger partial charge in [-0.2, -0.15) is 0 Å². The summed E-state index contributed by atoms with van der Waals surface area (Å²) in [4.78, 5) is 4.57. The van der Waals surface area contributed by atoms with Crippen LogP contribution in [0.3, 0.4) is 0 Å². The van der Waals surface area contributed by atoms with Crippen LogP contribution in [-0.4, -0.2) is 25.7 Å². The molecule has 1 N–H and O–H groups in total. The van der Waals surface area contributed by atoms with Gasteiger partial charge in [0.15, 0.2) is 0 Å². The summed E-state index contributed by atoms with van der Waals surface area (Å²) in [5.41, 5.74) is 2.52. The van der Waals surface area contributed by atoms with Gasteiger partial charge in [-0.25, -0.2) is 4.98 Å². The Morgan fingerprint density at radius 1 is 1.35 bits per heavy atom. The van der Waals surface area contributed by atoms with Crippen LogP contribution in [0.1, 0.15) is 16.3 Å². The molecule has 0 aliphatic heterocycles. The van der Waals surface area contributed by atoms with Gasteiger partial charge in [-0.1, -0.05) is 12.1 Å². The van der Waals surface area contributed by atoms with E-state index in [1.807, 2.05) is 13.1 Å². The molecule has 2 aromatic rings. The molecule has 1 heterocycles. The van der Waals surface area contributed by atoms with E-state index in [0.717, 1.165) is 30.1 Å². The van der Waals surface area contributed by atoms with Gasteiger partial charge in [0, 0.05) is 5.38 Å². The molecule has 20 heavy (non-hydrogen) atoms. The van der Waals surface area contributed by atoms with Gasteiger partial charge >= 0.3 is 0 Å². The first-order valence-electron chi connectivity index (χ1n) is 6.89. The lowest BCUT2D eigenvalue weighted by atomic mass is 9.95. The minimum atomic E-state index is 0.550. The summed E-state index contributed by atoms with van der Waals surface area (Å²) >= 11 is 1.73. The molecule has 0 fully saturated rings. The zero-order chi connectivity index (χ0) is 14.4. The van der Waals surface area contributed by atoms with Gasteiger partial charge in [0.2, 0.25) is 0 Å². The summed E-state index contributed by atoms with van der Waals surface area (Å²) < 4.78 is 5.29. The van der Waals surface area contributed by atoms with Crippen molar-refractivity contribution in [2.75, 3.05) is 20.7 Å². The van der Waals surface area contributed by atoms with Crippen molar-refractivity contribution in [3.8, 4) is 5.75 Å². The van der Waals surface area contributed by atoms with E-state index in [2.05, 4.69) is 40.8 Å². The van der Waals surface area contributed by atoms with E-state index in [0.29, 0.717) is 5.92 Å². The molecule has 1 aromatic heterocycles. The highest BCUT2D eigenvalue weighted by Crippen LogP contribution is 2.19. The van der Waals surface area contributed by atoms with Crippen LogP contribution in [0.2, 0.25) is 0 Å². The molecule has 0 spiro atoms. The van der Waals surface area contributed by atoms with Crippen molar-refractivity contribution < 1.29 is 4.74 Å². The van der Waals surface area contributed by atoms with Gasteiger partial charge in [-0.05, 0) is 57.0 Å². The lowest BCUT2D eigenvalue weighted by molar-refractivity contribution is 0.413. The zero-order valence-electron chi connectivity index (χ0n) is 12.3. The van der Waals surface area contributed by atoms with E-state index in [1.165, 1.54) is 11.3 Å². The number of nitrogens with zero attached hydrogens (tertiary/aromatic N) is 1. The van der Waals surface area contributed by atoms with Crippen molar-refractivity contribution >= 4 is 11.3 Å². The van der Waals surface area contributed by atoms with Crippen molar-refractivity contribution in [3.63, 3.8) is 0 Å². The molecule has 0 saturated carbocycles. The maximum atomic E-state index is 5.29. The number of ether oxygens (including phenoxy) is 1. The first-order valence-corrected chi connectivity index (χ1v) is 7.77. The Labute approximate surface area is 125 Å². The number of nitrogens with one attached hydrogen (secondary N) is 1. The predicted octanol–water partition coefficient (Wildman–Crippen LogP) is 3.08. The van der Waals surface area contributed by atoms with Gasteiger partial charge in [0.1, 0.15) is 5.75 Å². The standard InChI is InChI=1S/C16H22N2OS/c1-12-18-15(11-20-12)8-14(10-17-2)7-13-5-4-6-16(9-13)19-3/h4-6,9,11,14,17H,7-8,10H2,1-3H3. The SMILES string of the molecule is CNCC(Cc1cccc(OC)c1)Cc1csc(C)n1. The van der Waals surface area contributed by atoms with Crippen LogP contribution in [0.15, 0.2) is 29.6 Å². The Morgan fingerprint density at radius 2 is 2.20 bits per heavy atom. The maximum absolute atomic E-state index is 5.29. The number of methoxy groups -OCH3 is 1. The molecule has 0 amide bonds. The van der Waals surface area contributed by atoms with Gasteiger partial charge in [-0.15, -0.1) is 11.3 Å². The number of aryl methyl sites for hydroxylation is 1. The first-order chi connectivity index (χ1) is 9.71. The highest BCUT2D eigenvalue weighted by Gasteiger charge is 2.12. The number of hydrogen-bond donors (Lipinski definition) is 1. The predicted molar refractivity (Wildman–Crippen MR) is 84.7 cm³/mol. The fourth-order valence-corrected chi connectivity index (χ4v) is 3.06. The van der Waals surface area contributed by atoms with Crippen LogP contribution in [0.25, 0.3) is 0 Å². The van der Waals surface area contributed by atoms with E-state index in [9.17, 15) is 0 Å². The fraction of sp³-hybridized carbons (Fsp3) is 0.438. The van der Waals surface area contributed by atoms with E-state index in [4.69, 9.17) is 4.74 Å². The van der Waals surface area contributed by atoms with Crippen molar-refractivity contribution in [1.82, 2.24) is 10.3 Å². The molecule has 108 valence electrons. The van der Waals surface area contributed by atoms with E-state index in [1.54, 1.807) is 18.4 Å². The molecule has 0 radical (unpaired) electrons. The number of hydrogen-bond acceptors (Lipinski definition) is 4. The van der Waals surface area contributed by atoms with Gasteiger partial charge in [0.25, 0.3) is 0 Å². The quantitative estimate of drug-likeness (QED) is 0.851. The normalized spacial score (nSPS) is 12.3. The highest BCUT2D eigenvalue weighted by molar-refractivity contribution is 7.09. The molecule has 1 aromatic carbocycles. The zero-order valence-corrected chi connectivity index (χ0v) is 13.2. The number of benzene rings is 1. The molecule has 3 nitrogen and oxygen atoms in total. The number of aromatic nitrogens is 1. The Balaban J connectivity index is 2.04. The first kappa shape index (κ1) is 15.0. The third kappa shape index (κ3) is 4.32. The Kier molecular flexibility index (Phi) is 5.56. The Morgan fingerprint density at radius 3 is 2.85 bits per heavy atom. The Hall–Kier alpha value is -1.39. The summed E-state index contributed by atoms with van der Waals surface area (Å²) in [6, 6.07) is 8.32. The molecule has 4 heteroatoms. The van der Waals surface area contributed by atoms with Crippen LogP contribution < -0.4 is 10.1 Å². The summed E-state index contributed by atoms with van der Waals surface area (Å²) in [6.45, 7) is 3.05. The largest absolute Gasteiger partial charge is 0.497 e. The second kappa shape index (κ2) is 7.41. The van der Waals surface area contributed by atoms with Gasteiger partial charge in [-0.3, -0.25) is 0 Å². The number of rotatable bonds is 7. The average molecular weight is 290 g/mol. The minimum absolute atomic E-state index is 0.550. The molecule has 0 saturated heterocycles. The smallest absolute Gasteiger partial charge is 0.119 e. The monoisotopic (exact) mass is 290 g/mol. The van der Waals surface area contributed by atoms with Crippen molar-refractivity contribution in [2.24, 2.45) is 5.92 Å². The molecular weight excluding hydrogens is 268 g/mol. The lowest BCUT2D eigenvalue weighted by Gasteiger charge is -2.16. The van der Waals surface area contributed by atoms with Crippen LogP contribution in [0.4, 0.5) is 0 Å². The van der Waals surface area contributed by atoms with Crippen LogP contribution in [0.5, 0.6) is 5.75 Å². The van der Waals surface area contributed by atoms with Crippen LogP contribution >= 0.6 is 11.3 Å². The van der Waals surface area contributed by atoms with Crippen molar-refractivity contribution in [2.45, 2.75) is 19.8 Å². The van der Waals surface area contributed by atoms with E-state index in [-0.39, 0.29) is 0 Å². The van der Waals surface area contributed by atoms with Crippen LogP contribution in [0, 0.1) is 12.8 Å². The third-order valence-electron chi connectivity index (χ3n) is 3.32. The Bertz CT molecular complexity index is 539. The summed E-state index contributed by atoms with van der Waals surface area (Å²) in [5, 5.41) is 6.60. The average Bonchev–Trinajstić information content (AvgIpc) is 2.84. The molecule has 0 aliphatic rings.